The Balaban J connectivity index is 1.48. The average Bonchev–Trinajstić information content (AvgIpc) is 2.96. The zero-order chi connectivity index (χ0) is 21.1. The Labute approximate surface area is 178 Å². The molecule has 1 fully saturated rings. The summed E-state index contributed by atoms with van der Waals surface area (Å²) in [5.41, 5.74) is 3.73. The van der Waals surface area contributed by atoms with Crippen LogP contribution >= 0.6 is 0 Å². The SMILES string of the molecule is COC(C)c1ccc(COc2cccc3c2CN([C@H]2CCCCCC2=O)C3=O)cc1. The minimum atomic E-state index is -0.296. The molecule has 0 N–H and O–H groups in total. The molecule has 2 aromatic rings. The Kier molecular flexibility index (Phi) is 6.18. The third-order valence-corrected chi connectivity index (χ3v) is 6.30. The molecule has 1 amide bonds. The van der Waals surface area contributed by atoms with Crippen molar-refractivity contribution >= 4 is 11.7 Å². The third-order valence-electron chi connectivity index (χ3n) is 6.30. The summed E-state index contributed by atoms with van der Waals surface area (Å²) in [5.74, 6) is 0.869. The number of fused-ring (bicyclic) bond motifs is 1. The molecule has 0 bridgehead atoms. The van der Waals surface area contributed by atoms with E-state index in [2.05, 4.69) is 0 Å². The molecule has 1 saturated carbocycles. The van der Waals surface area contributed by atoms with Crippen molar-refractivity contribution in [3.8, 4) is 5.75 Å². The lowest BCUT2D eigenvalue weighted by Gasteiger charge is -2.25. The second kappa shape index (κ2) is 9.00. The van der Waals surface area contributed by atoms with Crippen LogP contribution in [0.4, 0.5) is 0 Å². The van der Waals surface area contributed by atoms with E-state index in [1.807, 2.05) is 49.4 Å². The zero-order valence-electron chi connectivity index (χ0n) is 17.7. The van der Waals surface area contributed by atoms with E-state index in [0.717, 1.165) is 48.1 Å². The first-order valence-electron chi connectivity index (χ1n) is 10.8. The van der Waals surface area contributed by atoms with Crippen molar-refractivity contribution in [1.29, 1.82) is 0 Å². The predicted molar refractivity (Wildman–Crippen MR) is 114 cm³/mol. The van der Waals surface area contributed by atoms with Gasteiger partial charge in [0.25, 0.3) is 5.91 Å². The molecule has 4 rings (SSSR count). The summed E-state index contributed by atoms with van der Waals surface area (Å²) >= 11 is 0. The monoisotopic (exact) mass is 407 g/mol. The summed E-state index contributed by atoms with van der Waals surface area (Å²) in [6, 6.07) is 13.5. The number of ether oxygens (including phenoxy) is 2. The zero-order valence-corrected chi connectivity index (χ0v) is 17.7. The molecule has 158 valence electrons. The van der Waals surface area contributed by atoms with Crippen LogP contribution in [0.1, 0.15) is 72.2 Å². The molecule has 0 spiro atoms. The van der Waals surface area contributed by atoms with Crippen LogP contribution < -0.4 is 4.74 Å². The Bertz CT molecular complexity index is 921. The first-order chi connectivity index (χ1) is 14.6. The first-order valence-corrected chi connectivity index (χ1v) is 10.8. The van der Waals surface area contributed by atoms with Gasteiger partial charge in [0.05, 0.1) is 18.7 Å². The maximum absolute atomic E-state index is 13.0. The van der Waals surface area contributed by atoms with Gasteiger partial charge in [-0.1, -0.05) is 43.2 Å². The minimum absolute atomic E-state index is 0.0476. The fourth-order valence-corrected chi connectivity index (χ4v) is 4.37. The standard InChI is InChI=1S/C25H29NO4/c1-17(29-2)19-13-11-18(12-14-19)16-30-24-10-6-7-20-21(24)15-26(25(20)28)22-8-4-3-5-9-23(22)27/h6-7,10-14,17,22H,3-5,8-9,15-16H2,1-2H3/t17?,22-/m0/s1. The molecule has 0 radical (unpaired) electrons. The van der Waals surface area contributed by atoms with Crippen molar-refractivity contribution in [2.24, 2.45) is 0 Å². The summed E-state index contributed by atoms with van der Waals surface area (Å²) in [7, 11) is 1.70. The largest absolute Gasteiger partial charge is 0.489 e. The lowest BCUT2D eigenvalue weighted by Crippen LogP contribution is -2.40. The van der Waals surface area contributed by atoms with E-state index >= 15 is 0 Å². The maximum Gasteiger partial charge on any atom is 0.255 e. The fraction of sp³-hybridized carbons (Fsp3) is 0.440. The van der Waals surface area contributed by atoms with Gasteiger partial charge in [0.15, 0.2) is 5.78 Å². The number of ketones is 1. The van der Waals surface area contributed by atoms with Crippen molar-refractivity contribution in [3.05, 3.63) is 64.7 Å². The van der Waals surface area contributed by atoms with E-state index in [1.165, 1.54) is 0 Å². The molecule has 1 aliphatic heterocycles. The average molecular weight is 408 g/mol. The number of carbonyl (C=O) groups excluding carboxylic acids is 2. The topological polar surface area (TPSA) is 55.8 Å². The summed E-state index contributed by atoms with van der Waals surface area (Å²) in [4.78, 5) is 27.3. The molecule has 0 saturated heterocycles. The minimum Gasteiger partial charge on any atom is -0.489 e. The highest BCUT2D eigenvalue weighted by molar-refractivity contribution is 6.02. The van der Waals surface area contributed by atoms with Crippen LogP contribution in [0.15, 0.2) is 42.5 Å². The Morgan fingerprint density at radius 3 is 2.63 bits per heavy atom. The van der Waals surface area contributed by atoms with E-state index in [0.29, 0.717) is 25.1 Å². The van der Waals surface area contributed by atoms with Crippen LogP contribution in [0.2, 0.25) is 0 Å². The van der Waals surface area contributed by atoms with Crippen LogP contribution in [0.5, 0.6) is 5.75 Å². The number of nitrogens with zero attached hydrogens (tertiary/aromatic N) is 1. The van der Waals surface area contributed by atoms with E-state index < -0.39 is 0 Å². The second-order valence-electron chi connectivity index (χ2n) is 8.20. The lowest BCUT2D eigenvalue weighted by molar-refractivity contribution is -0.123. The third kappa shape index (κ3) is 4.12. The van der Waals surface area contributed by atoms with Crippen LogP contribution in [0.3, 0.4) is 0 Å². The molecule has 5 heteroatoms. The van der Waals surface area contributed by atoms with Gasteiger partial charge in [0, 0.05) is 24.7 Å². The second-order valence-corrected chi connectivity index (χ2v) is 8.20. The number of Topliss-reactive ketones (excluding diaryl/α,β-unsaturated/α-hetero) is 1. The normalized spacial score (nSPS) is 20.1. The van der Waals surface area contributed by atoms with E-state index in [4.69, 9.17) is 9.47 Å². The number of hydrogen-bond donors (Lipinski definition) is 0. The lowest BCUT2D eigenvalue weighted by atomic mass is 10.1. The Hall–Kier alpha value is -2.66. The highest BCUT2D eigenvalue weighted by atomic mass is 16.5. The molecule has 2 atom stereocenters. The van der Waals surface area contributed by atoms with Gasteiger partial charge < -0.3 is 14.4 Å². The van der Waals surface area contributed by atoms with Crippen molar-refractivity contribution in [1.82, 2.24) is 4.90 Å². The van der Waals surface area contributed by atoms with Crippen LogP contribution in [0.25, 0.3) is 0 Å². The summed E-state index contributed by atoms with van der Waals surface area (Å²) in [6.45, 7) is 2.89. The van der Waals surface area contributed by atoms with Crippen LogP contribution in [-0.2, 0) is 22.7 Å². The number of methoxy groups -OCH3 is 1. The predicted octanol–water partition coefficient (Wildman–Crippen LogP) is 4.83. The fourth-order valence-electron chi connectivity index (χ4n) is 4.37. The van der Waals surface area contributed by atoms with Gasteiger partial charge in [-0.15, -0.1) is 0 Å². The number of amides is 1. The van der Waals surface area contributed by atoms with Crippen molar-refractivity contribution in [2.75, 3.05) is 7.11 Å². The van der Waals surface area contributed by atoms with Gasteiger partial charge in [-0.05, 0) is 43.0 Å². The number of rotatable bonds is 6. The van der Waals surface area contributed by atoms with Gasteiger partial charge in [0.1, 0.15) is 12.4 Å². The van der Waals surface area contributed by atoms with E-state index in [9.17, 15) is 9.59 Å². The number of benzene rings is 2. The molecule has 30 heavy (non-hydrogen) atoms. The molecule has 1 aliphatic carbocycles. The maximum atomic E-state index is 13.0. The molecule has 2 aromatic carbocycles. The summed E-state index contributed by atoms with van der Waals surface area (Å²) in [6.07, 6.45) is 4.39. The van der Waals surface area contributed by atoms with Crippen LogP contribution in [0, 0.1) is 0 Å². The highest BCUT2D eigenvalue weighted by Crippen LogP contribution is 2.34. The smallest absolute Gasteiger partial charge is 0.255 e. The van der Waals surface area contributed by atoms with Gasteiger partial charge in [-0.3, -0.25) is 9.59 Å². The van der Waals surface area contributed by atoms with Gasteiger partial charge in [-0.2, -0.15) is 0 Å². The summed E-state index contributed by atoms with van der Waals surface area (Å²) in [5, 5.41) is 0. The molecule has 0 aromatic heterocycles. The number of carbonyl (C=O) groups is 2. The molecule has 2 aliphatic rings. The van der Waals surface area contributed by atoms with E-state index in [1.54, 1.807) is 12.0 Å². The van der Waals surface area contributed by atoms with Crippen LogP contribution in [-0.4, -0.2) is 29.7 Å². The quantitative estimate of drug-likeness (QED) is 0.644. The Morgan fingerprint density at radius 1 is 1.07 bits per heavy atom. The molecular formula is C25H29NO4. The Morgan fingerprint density at radius 2 is 1.87 bits per heavy atom. The van der Waals surface area contributed by atoms with E-state index in [-0.39, 0.29) is 23.8 Å². The number of hydrogen-bond acceptors (Lipinski definition) is 4. The van der Waals surface area contributed by atoms with Gasteiger partial charge in [0.2, 0.25) is 0 Å². The molecule has 1 unspecified atom stereocenters. The summed E-state index contributed by atoms with van der Waals surface area (Å²) < 4.78 is 11.5. The molecule has 5 nitrogen and oxygen atoms in total. The van der Waals surface area contributed by atoms with Crippen molar-refractivity contribution < 1.29 is 19.1 Å². The molecular weight excluding hydrogens is 378 g/mol. The van der Waals surface area contributed by atoms with Crippen molar-refractivity contribution in [2.45, 2.75) is 64.3 Å². The van der Waals surface area contributed by atoms with Gasteiger partial charge >= 0.3 is 0 Å². The molecule has 1 heterocycles. The van der Waals surface area contributed by atoms with Gasteiger partial charge in [-0.25, -0.2) is 0 Å². The highest BCUT2D eigenvalue weighted by Gasteiger charge is 2.37. The first kappa shape index (κ1) is 20.6. The van der Waals surface area contributed by atoms with Crippen molar-refractivity contribution in [3.63, 3.8) is 0 Å².